The molecule has 0 radical (unpaired) electrons. The molecule has 0 N–H and O–H groups in total. The van der Waals surface area contributed by atoms with Crippen molar-refractivity contribution in [3.05, 3.63) is 29.6 Å². The van der Waals surface area contributed by atoms with Crippen LogP contribution in [0.25, 0.3) is 0 Å². The van der Waals surface area contributed by atoms with Crippen molar-refractivity contribution < 1.29 is 22.3 Å². The molecule has 1 aromatic rings. The van der Waals surface area contributed by atoms with Crippen molar-refractivity contribution in [3.8, 4) is 0 Å². The highest BCUT2D eigenvalue weighted by Crippen LogP contribution is 2.23. The molecule has 1 heterocycles. The summed E-state index contributed by atoms with van der Waals surface area (Å²) in [5, 5.41) is 0. The minimum Gasteiger partial charge on any atom is -0.466 e. The number of likely N-dealkylation sites (N-methyl/N-ethyl adjacent to an activating group) is 1. The zero-order valence-corrected chi connectivity index (χ0v) is 17.1. The van der Waals surface area contributed by atoms with Crippen LogP contribution in [0.5, 0.6) is 0 Å². The maximum absolute atomic E-state index is 13.9. The maximum Gasteiger partial charge on any atom is 0.307 e. The highest BCUT2D eigenvalue weighted by molar-refractivity contribution is 7.89. The third-order valence-electron chi connectivity index (χ3n) is 4.97. The van der Waals surface area contributed by atoms with E-state index in [0.29, 0.717) is 5.56 Å². The summed E-state index contributed by atoms with van der Waals surface area (Å²) in [6, 6.07) is 4.02. The van der Waals surface area contributed by atoms with E-state index in [9.17, 15) is 17.6 Å². The number of halogens is 1. The average molecular weight is 401 g/mol. The first-order valence-electron chi connectivity index (χ1n) is 9.45. The van der Waals surface area contributed by atoms with Crippen LogP contribution in [0, 0.1) is 12.7 Å². The molecule has 1 aromatic carbocycles. The standard InChI is InChI=1S/C19H29FN2O4S/c1-4-21-11-6-7-16(21)14-22(12-10-19(23)26-5-2)27(24,25)17-9-8-15(3)18(20)13-17/h8-9,13,16H,4-7,10-12,14H2,1-3H3/t16-/m0/s1. The van der Waals surface area contributed by atoms with Gasteiger partial charge >= 0.3 is 5.97 Å². The number of likely N-dealkylation sites (tertiary alicyclic amines) is 1. The van der Waals surface area contributed by atoms with Crippen LogP contribution in [0.15, 0.2) is 23.1 Å². The van der Waals surface area contributed by atoms with Gasteiger partial charge in [0.05, 0.1) is 17.9 Å². The Bertz CT molecular complexity index is 754. The number of aryl methyl sites for hydroxylation is 1. The molecule has 1 saturated heterocycles. The van der Waals surface area contributed by atoms with Crippen LogP contribution >= 0.6 is 0 Å². The van der Waals surface area contributed by atoms with Gasteiger partial charge in [-0.2, -0.15) is 4.31 Å². The Morgan fingerprint density at radius 1 is 1.37 bits per heavy atom. The van der Waals surface area contributed by atoms with Gasteiger partial charge in [-0.3, -0.25) is 9.69 Å². The van der Waals surface area contributed by atoms with E-state index < -0.39 is 21.8 Å². The predicted molar refractivity (Wildman–Crippen MR) is 101 cm³/mol. The largest absolute Gasteiger partial charge is 0.466 e. The normalized spacial score (nSPS) is 18.2. The van der Waals surface area contributed by atoms with Crippen LogP contribution in [-0.2, 0) is 19.6 Å². The zero-order chi connectivity index (χ0) is 20.0. The molecule has 0 spiro atoms. The second-order valence-electron chi connectivity index (χ2n) is 6.75. The molecule has 27 heavy (non-hydrogen) atoms. The van der Waals surface area contributed by atoms with Gasteiger partial charge in [0, 0.05) is 19.1 Å². The molecule has 8 heteroatoms. The molecule has 1 aliphatic rings. The van der Waals surface area contributed by atoms with Gasteiger partial charge in [0.2, 0.25) is 10.0 Å². The summed E-state index contributed by atoms with van der Waals surface area (Å²) < 4.78 is 46.4. The first-order valence-corrected chi connectivity index (χ1v) is 10.9. The van der Waals surface area contributed by atoms with Gasteiger partial charge in [0.25, 0.3) is 0 Å². The Hall–Kier alpha value is -1.51. The fourth-order valence-electron chi connectivity index (χ4n) is 3.40. The third-order valence-corrected chi connectivity index (χ3v) is 6.83. The molecule has 0 unspecified atom stereocenters. The van der Waals surface area contributed by atoms with Gasteiger partial charge in [0.1, 0.15) is 5.82 Å². The lowest BCUT2D eigenvalue weighted by Gasteiger charge is -2.29. The Labute approximate surface area is 161 Å². The molecule has 152 valence electrons. The van der Waals surface area contributed by atoms with Crippen LogP contribution < -0.4 is 0 Å². The highest BCUT2D eigenvalue weighted by Gasteiger charge is 2.32. The van der Waals surface area contributed by atoms with Gasteiger partial charge in [0.15, 0.2) is 0 Å². The summed E-state index contributed by atoms with van der Waals surface area (Å²) >= 11 is 0. The first-order chi connectivity index (χ1) is 12.8. The van der Waals surface area contributed by atoms with Crippen molar-refractivity contribution in [1.29, 1.82) is 0 Å². The summed E-state index contributed by atoms with van der Waals surface area (Å²) in [5.41, 5.74) is 0.389. The van der Waals surface area contributed by atoms with Crippen molar-refractivity contribution in [2.75, 3.05) is 32.8 Å². The van der Waals surface area contributed by atoms with Crippen molar-refractivity contribution in [1.82, 2.24) is 9.21 Å². The Morgan fingerprint density at radius 2 is 2.11 bits per heavy atom. The predicted octanol–water partition coefficient (Wildman–Crippen LogP) is 2.56. The van der Waals surface area contributed by atoms with Gasteiger partial charge in [-0.1, -0.05) is 13.0 Å². The lowest BCUT2D eigenvalue weighted by Crippen LogP contribution is -2.43. The summed E-state index contributed by atoms with van der Waals surface area (Å²) in [4.78, 5) is 13.9. The van der Waals surface area contributed by atoms with Crippen LogP contribution in [0.1, 0.15) is 38.7 Å². The lowest BCUT2D eigenvalue weighted by molar-refractivity contribution is -0.143. The molecule has 0 aliphatic carbocycles. The average Bonchev–Trinajstić information content (AvgIpc) is 3.08. The van der Waals surface area contributed by atoms with E-state index in [4.69, 9.17) is 4.74 Å². The zero-order valence-electron chi connectivity index (χ0n) is 16.3. The SMILES string of the molecule is CCOC(=O)CCN(C[C@@H]1CCCN1CC)S(=O)(=O)c1ccc(C)c(F)c1. The van der Waals surface area contributed by atoms with Crippen molar-refractivity contribution >= 4 is 16.0 Å². The van der Waals surface area contributed by atoms with Crippen molar-refractivity contribution in [2.45, 2.75) is 51.0 Å². The summed E-state index contributed by atoms with van der Waals surface area (Å²) in [5.74, 6) is -0.996. The monoisotopic (exact) mass is 400 g/mol. The molecule has 0 aromatic heterocycles. The van der Waals surface area contributed by atoms with Crippen LogP contribution in [-0.4, -0.2) is 62.4 Å². The van der Waals surface area contributed by atoms with Gasteiger partial charge in [-0.15, -0.1) is 0 Å². The summed E-state index contributed by atoms with van der Waals surface area (Å²) in [7, 11) is -3.91. The van der Waals surface area contributed by atoms with Gasteiger partial charge in [-0.05, 0) is 57.5 Å². The maximum atomic E-state index is 13.9. The number of carbonyl (C=O) groups is 1. The number of carbonyl (C=O) groups excluding carboxylic acids is 1. The Balaban J connectivity index is 2.25. The number of nitrogens with zero attached hydrogens (tertiary/aromatic N) is 2. The quantitative estimate of drug-likeness (QED) is 0.596. The second kappa shape index (κ2) is 9.61. The van der Waals surface area contributed by atoms with Crippen LogP contribution in [0.4, 0.5) is 4.39 Å². The van der Waals surface area contributed by atoms with Crippen LogP contribution in [0.2, 0.25) is 0 Å². The Kier molecular flexibility index (Phi) is 7.76. The van der Waals surface area contributed by atoms with Crippen molar-refractivity contribution in [3.63, 3.8) is 0 Å². The number of benzene rings is 1. The fourth-order valence-corrected chi connectivity index (χ4v) is 4.89. The lowest BCUT2D eigenvalue weighted by atomic mass is 10.2. The topological polar surface area (TPSA) is 66.9 Å². The molecule has 1 aliphatic heterocycles. The number of ether oxygens (including phenoxy) is 1. The van der Waals surface area contributed by atoms with E-state index in [1.807, 2.05) is 6.92 Å². The number of rotatable bonds is 9. The molecular formula is C19H29FN2O4S. The summed E-state index contributed by atoms with van der Waals surface area (Å²) in [6.07, 6.45) is 1.89. The van der Waals surface area contributed by atoms with E-state index >= 15 is 0 Å². The molecular weight excluding hydrogens is 371 g/mol. The number of hydrogen-bond acceptors (Lipinski definition) is 5. The van der Waals surface area contributed by atoms with E-state index in [0.717, 1.165) is 32.0 Å². The molecule has 6 nitrogen and oxygen atoms in total. The molecule has 1 fully saturated rings. The van der Waals surface area contributed by atoms with E-state index in [-0.39, 0.29) is 37.1 Å². The second-order valence-corrected chi connectivity index (χ2v) is 8.69. The number of hydrogen-bond donors (Lipinski definition) is 0. The number of sulfonamides is 1. The number of esters is 1. The molecule has 0 bridgehead atoms. The van der Waals surface area contributed by atoms with Crippen LogP contribution in [0.3, 0.4) is 0 Å². The van der Waals surface area contributed by atoms with Gasteiger partial charge in [-0.25, -0.2) is 12.8 Å². The fraction of sp³-hybridized carbons (Fsp3) is 0.632. The molecule has 0 amide bonds. The minimum atomic E-state index is -3.91. The Morgan fingerprint density at radius 3 is 2.74 bits per heavy atom. The van der Waals surface area contributed by atoms with Crippen molar-refractivity contribution in [2.24, 2.45) is 0 Å². The molecule has 0 saturated carbocycles. The van der Waals surface area contributed by atoms with E-state index in [1.54, 1.807) is 13.8 Å². The molecule has 1 atom stereocenters. The third kappa shape index (κ3) is 5.49. The summed E-state index contributed by atoms with van der Waals surface area (Å²) in [6.45, 7) is 7.67. The van der Waals surface area contributed by atoms with E-state index in [1.165, 1.54) is 16.4 Å². The van der Waals surface area contributed by atoms with E-state index in [2.05, 4.69) is 4.90 Å². The van der Waals surface area contributed by atoms with Gasteiger partial charge < -0.3 is 4.74 Å². The molecule has 2 rings (SSSR count). The first kappa shape index (κ1) is 21.8. The smallest absolute Gasteiger partial charge is 0.307 e. The minimum absolute atomic E-state index is 0.0186. The highest BCUT2D eigenvalue weighted by atomic mass is 32.2.